The molecule has 0 radical (unpaired) electrons. The summed E-state index contributed by atoms with van der Waals surface area (Å²) >= 11 is 5.25. The average molecular weight is 471 g/mol. The topological polar surface area (TPSA) is 130 Å². The summed E-state index contributed by atoms with van der Waals surface area (Å²) in [5.74, 6) is -0.898. The Bertz CT molecular complexity index is 1260. The fraction of sp³-hybridized carbons (Fsp3) is 0.0476. The van der Waals surface area contributed by atoms with Gasteiger partial charge in [0.15, 0.2) is 5.11 Å². The van der Waals surface area contributed by atoms with E-state index in [4.69, 9.17) is 12.2 Å². The van der Waals surface area contributed by atoms with Gasteiger partial charge in [0.1, 0.15) is 0 Å². The van der Waals surface area contributed by atoms with Crippen LogP contribution in [0.25, 0.3) is 0 Å². The van der Waals surface area contributed by atoms with Gasteiger partial charge in [0.2, 0.25) is 0 Å². The third-order valence-corrected chi connectivity index (χ3v) is 5.85. The molecule has 9 nitrogen and oxygen atoms in total. The molecule has 11 heteroatoms. The van der Waals surface area contributed by atoms with Crippen molar-refractivity contribution in [2.75, 3.05) is 10.6 Å². The molecule has 0 spiro atoms. The molecule has 0 saturated heterocycles. The van der Waals surface area contributed by atoms with Gasteiger partial charge in [-0.25, -0.2) is 13.1 Å². The second-order valence-electron chi connectivity index (χ2n) is 6.71. The molecule has 0 aromatic heterocycles. The highest BCUT2D eigenvalue weighted by atomic mass is 32.2. The van der Waals surface area contributed by atoms with E-state index in [2.05, 4.69) is 10.6 Å². The molecular weight excluding hydrogens is 452 g/mol. The number of thiocarbonyl (C=S) groups is 1. The number of hydrogen-bond acceptors (Lipinski definition) is 6. The number of nitro benzene ring substituents is 1. The van der Waals surface area contributed by atoms with Crippen molar-refractivity contribution < 1.29 is 18.1 Å². The van der Waals surface area contributed by atoms with Gasteiger partial charge in [-0.15, -0.1) is 0 Å². The van der Waals surface area contributed by atoms with Gasteiger partial charge in [-0.1, -0.05) is 17.7 Å². The van der Waals surface area contributed by atoms with Crippen LogP contribution in [0.4, 0.5) is 17.1 Å². The molecule has 0 heterocycles. The molecule has 32 heavy (non-hydrogen) atoms. The quantitative estimate of drug-likeness (QED) is 0.281. The Balaban J connectivity index is 1.63. The second-order valence-corrected chi connectivity index (χ2v) is 8.80. The number of benzene rings is 3. The standard InChI is InChI=1S/C21H18N4O5S2/c1-14-2-6-16(7-3-14)22-21(31)23-17-8-12-19(13-9-17)32(29,30)24-20(26)15-4-10-18(11-5-15)25(27)28/h2-13H,1H3,(H,24,26)(H2,22,23,31). The fourth-order valence-electron chi connectivity index (χ4n) is 2.62. The summed E-state index contributed by atoms with van der Waals surface area (Å²) in [6.45, 7) is 1.98. The number of nitrogens with zero attached hydrogens (tertiary/aromatic N) is 1. The van der Waals surface area contributed by atoms with Crippen molar-refractivity contribution in [3.63, 3.8) is 0 Å². The number of hydrogen-bond donors (Lipinski definition) is 3. The lowest BCUT2D eigenvalue weighted by Gasteiger charge is -2.12. The molecule has 1 amide bonds. The van der Waals surface area contributed by atoms with Crippen LogP contribution in [-0.4, -0.2) is 24.4 Å². The van der Waals surface area contributed by atoms with Crippen LogP contribution in [0, 0.1) is 17.0 Å². The number of carbonyl (C=O) groups excluding carboxylic acids is 1. The zero-order valence-corrected chi connectivity index (χ0v) is 18.4. The van der Waals surface area contributed by atoms with Gasteiger partial charge in [-0.3, -0.25) is 14.9 Å². The van der Waals surface area contributed by atoms with Gasteiger partial charge >= 0.3 is 0 Å². The molecule has 0 fully saturated rings. The monoisotopic (exact) mass is 470 g/mol. The normalized spacial score (nSPS) is 10.8. The highest BCUT2D eigenvalue weighted by Crippen LogP contribution is 2.17. The van der Waals surface area contributed by atoms with Crippen molar-refractivity contribution in [2.45, 2.75) is 11.8 Å². The number of anilines is 2. The zero-order chi connectivity index (χ0) is 23.3. The van der Waals surface area contributed by atoms with E-state index in [1.54, 1.807) is 0 Å². The lowest BCUT2D eigenvalue weighted by Crippen LogP contribution is -2.30. The van der Waals surface area contributed by atoms with E-state index in [0.717, 1.165) is 23.4 Å². The van der Waals surface area contributed by atoms with E-state index in [0.29, 0.717) is 10.8 Å². The van der Waals surface area contributed by atoms with Crippen molar-refractivity contribution in [1.82, 2.24) is 4.72 Å². The molecular formula is C21H18N4O5S2. The SMILES string of the molecule is Cc1ccc(NC(=S)Nc2ccc(S(=O)(=O)NC(=O)c3ccc([N+](=O)[O-])cc3)cc2)cc1. The lowest BCUT2D eigenvalue weighted by molar-refractivity contribution is -0.384. The predicted molar refractivity (Wildman–Crippen MR) is 125 cm³/mol. The van der Waals surface area contributed by atoms with Crippen LogP contribution in [0.2, 0.25) is 0 Å². The molecule has 3 aromatic rings. The van der Waals surface area contributed by atoms with Crippen LogP contribution in [-0.2, 0) is 10.0 Å². The number of sulfonamides is 1. The first-order valence-corrected chi connectivity index (χ1v) is 11.1. The van der Waals surface area contributed by atoms with Crippen molar-refractivity contribution in [3.8, 4) is 0 Å². The third-order valence-electron chi connectivity index (χ3n) is 4.30. The summed E-state index contributed by atoms with van der Waals surface area (Å²) in [6, 6.07) is 17.9. The maximum Gasteiger partial charge on any atom is 0.269 e. The second kappa shape index (κ2) is 9.54. The molecule has 0 saturated carbocycles. The summed E-state index contributed by atoms with van der Waals surface area (Å²) in [6.07, 6.45) is 0. The number of nitro groups is 1. The summed E-state index contributed by atoms with van der Waals surface area (Å²) < 4.78 is 26.9. The Morgan fingerprint density at radius 3 is 1.88 bits per heavy atom. The molecule has 164 valence electrons. The van der Waals surface area contributed by atoms with Crippen LogP contribution in [0.1, 0.15) is 15.9 Å². The van der Waals surface area contributed by atoms with Gasteiger partial charge in [0.05, 0.1) is 9.82 Å². The Labute approximate surface area is 189 Å². The largest absolute Gasteiger partial charge is 0.332 e. The van der Waals surface area contributed by atoms with Gasteiger partial charge in [-0.05, 0) is 67.7 Å². The Hall–Kier alpha value is -3.83. The molecule has 0 unspecified atom stereocenters. The lowest BCUT2D eigenvalue weighted by atomic mass is 10.2. The molecule has 3 rings (SSSR count). The Morgan fingerprint density at radius 2 is 1.38 bits per heavy atom. The summed E-state index contributed by atoms with van der Waals surface area (Å²) in [7, 11) is -4.14. The van der Waals surface area contributed by atoms with E-state index >= 15 is 0 Å². The van der Waals surface area contributed by atoms with Gasteiger partial charge in [0.25, 0.3) is 21.6 Å². The summed E-state index contributed by atoms with van der Waals surface area (Å²) in [5, 5.41) is 17.0. The van der Waals surface area contributed by atoms with Crippen molar-refractivity contribution in [1.29, 1.82) is 0 Å². The number of aryl methyl sites for hydroxylation is 1. The smallest absolute Gasteiger partial charge is 0.269 e. The number of rotatable bonds is 6. The average Bonchev–Trinajstić information content (AvgIpc) is 2.75. The van der Waals surface area contributed by atoms with Crippen LogP contribution in [0.15, 0.2) is 77.7 Å². The number of amides is 1. The van der Waals surface area contributed by atoms with E-state index in [-0.39, 0.29) is 16.1 Å². The maximum absolute atomic E-state index is 12.5. The molecule has 3 aromatic carbocycles. The third kappa shape index (κ3) is 5.86. The van der Waals surface area contributed by atoms with Gasteiger partial charge in [0, 0.05) is 29.1 Å². The highest BCUT2D eigenvalue weighted by Gasteiger charge is 2.19. The molecule has 0 bridgehead atoms. The van der Waals surface area contributed by atoms with E-state index in [1.807, 2.05) is 35.9 Å². The van der Waals surface area contributed by atoms with Crippen molar-refractivity contribution >= 4 is 50.3 Å². The zero-order valence-electron chi connectivity index (χ0n) is 16.7. The maximum atomic E-state index is 12.5. The minimum Gasteiger partial charge on any atom is -0.332 e. The van der Waals surface area contributed by atoms with E-state index < -0.39 is 20.9 Å². The number of carbonyl (C=O) groups is 1. The highest BCUT2D eigenvalue weighted by molar-refractivity contribution is 7.90. The fourth-order valence-corrected chi connectivity index (χ4v) is 3.83. The summed E-state index contributed by atoms with van der Waals surface area (Å²) in [4.78, 5) is 22.2. The van der Waals surface area contributed by atoms with Crippen LogP contribution in [0.5, 0.6) is 0 Å². The van der Waals surface area contributed by atoms with Crippen molar-refractivity contribution in [2.24, 2.45) is 0 Å². The first kappa shape index (κ1) is 22.8. The molecule has 0 aliphatic heterocycles. The molecule has 0 aliphatic rings. The molecule has 3 N–H and O–H groups in total. The van der Waals surface area contributed by atoms with Gasteiger partial charge < -0.3 is 10.6 Å². The van der Waals surface area contributed by atoms with E-state index in [1.165, 1.54) is 36.4 Å². The molecule has 0 aliphatic carbocycles. The van der Waals surface area contributed by atoms with Gasteiger partial charge in [-0.2, -0.15) is 0 Å². The Kier molecular flexibility index (Phi) is 6.81. The number of nitrogens with one attached hydrogen (secondary N) is 3. The first-order valence-electron chi connectivity index (χ1n) is 9.20. The number of non-ortho nitro benzene ring substituents is 1. The van der Waals surface area contributed by atoms with Crippen LogP contribution in [0.3, 0.4) is 0 Å². The first-order chi connectivity index (χ1) is 15.1. The van der Waals surface area contributed by atoms with Crippen LogP contribution < -0.4 is 15.4 Å². The van der Waals surface area contributed by atoms with E-state index in [9.17, 15) is 23.3 Å². The minimum atomic E-state index is -4.14. The van der Waals surface area contributed by atoms with Crippen LogP contribution >= 0.6 is 12.2 Å². The molecule has 0 atom stereocenters. The Morgan fingerprint density at radius 1 is 0.875 bits per heavy atom. The minimum absolute atomic E-state index is 0.0232. The predicted octanol–water partition coefficient (Wildman–Crippen LogP) is 3.83. The summed E-state index contributed by atoms with van der Waals surface area (Å²) in [5.41, 5.74) is 2.25. The van der Waals surface area contributed by atoms with Crippen molar-refractivity contribution in [3.05, 3.63) is 94.0 Å².